The first-order valence-electron chi connectivity index (χ1n) is 11.7. The van der Waals surface area contributed by atoms with Gasteiger partial charge >= 0.3 is 6.18 Å². The number of hydrogen-bond acceptors (Lipinski definition) is 3. The van der Waals surface area contributed by atoms with Crippen molar-refractivity contribution in [1.29, 1.82) is 0 Å². The summed E-state index contributed by atoms with van der Waals surface area (Å²) in [5.74, 6) is -0.420. The predicted molar refractivity (Wildman–Crippen MR) is 135 cm³/mol. The topological polar surface area (TPSA) is 62.3 Å². The lowest BCUT2D eigenvalue weighted by molar-refractivity contribution is -0.137. The minimum atomic E-state index is -4.43. The smallest absolute Gasteiger partial charge is 0.322 e. The minimum Gasteiger partial charge on any atom is -0.322 e. The molecular formula is C29H22F3N3O2. The van der Waals surface area contributed by atoms with Crippen molar-refractivity contribution in [3.05, 3.63) is 114 Å². The van der Waals surface area contributed by atoms with Crippen LogP contribution < -0.4 is 10.2 Å². The van der Waals surface area contributed by atoms with Crippen LogP contribution in [-0.4, -0.2) is 23.3 Å². The summed E-state index contributed by atoms with van der Waals surface area (Å²) in [6, 6.07) is 22.4. The highest BCUT2D eigenvalue weighted by atomic mass is 19.4. The molecule has 0 spiro atoms. The molecule has 3 aromatic carbocycles. The molecular weight excluding hydrogens is 479 g/mol. The lowest BCUT2D eigenvalue weighted by Gasteiger charge is -2.17. The molecule has 0 unspecified atom stereocenters. The van der Waals surface area contributed by atoms with E-state index < -0.39 is 11.7 Å². The van der Waals surface area contributed by atoms with Crippen LogP contribution >= 0.6 is 0 Å². The fraction of sp³-hybridized carbons (Fsp3) is 0.138. The Morgan fingerprint density at radius 1 is 0.919 bits per heavy atom. The number of nitrogens with zero attached hydrogens (tertiary/aromatic N) is 2. The molecule has 0 saturated carbocycles. The molecule has 8 heteroatoms. The standard InChI is InChI=1S/C29H22F3N3O2/c30-29(31,32)21-10-8-19(9-11-21)24-6-1-2-7-25(24)28(37)34-23-12-13-26-20(17-23)14-16-35(26)27(36)18-22-5-3-4-15-33-22/h1-13,15,17H,14,16,18H2,(H,34,37). The van der Waals surface area contributed by atoms with E-state index in [9.17, 15) is 22.8 Å². The zero-order chi connectivity index (χ0) is 26.0. The number of benzene rings is 3. The third kappa shape index (κ3) is 5.23. The summed E-state index contributed by atoms with van der Waals surface area (Å²) in [7, 11) is 0. The van der Waals surface area contributed by atoms with Crippen molar-refractivity contribution in [2.45, 2.75) is 19.0 Å². The van der Waals surface area contributed by atoms with Crippen molar-refractivity contribution >= 4 is 23.2 Å². The zero-order valence-electron chi connectivity index (χ0n) is 19.6. The lowest BCUT2D eigenvalue weighted by Crippen LogP contribution is -2.30. The lowest BCUT2D eigenvalue weighted by atomic mass is 9.98. The van der Waals surface area contributed by atoms with Crippen LogP contribution in [0, 0.1) is 0 Å². The first kappa shape index (κ1) is 24.2. The fourth-order valence-corrected chi connectivity index (χ4v) is 4.46. The maximum absolute atomic E-state index is 13.1. The summed E-state index contributed by atoms with van der Waals surface area (Å²) < 4.78 is 38.8. The van der Waals surface area contributed by atoms with E-state index in [0.29, 0.717) is 41.0 Å². The van der Waals surface area contributed by atoms with Crippen molar-refractivity contribution in [1.82, 2.24) is 4.98 Å². The van der Waals surface area contributed by atoms with Gasteiger partial charge in [-0.15, -0.1) is 0 Å². The number of carbonyl (C=O) groups excluding carboxylic acids is 2. The first-order chi connectivity index (χ1) is 17.8. The summed E-state index contributed by atoms with van der Waals surface area (Å²) in [5, 5.41) is 2.89. The van der Waals surface area contributed by atoms with Crippen LogP contribution in [0.1, 0.15) is 27.2 Å². The Morgan fingerprint density at radius 3 is 2.41 bits per heavy atom. The van der Waals surface area contributed by atoms with Gasteiger partial charge < -0.3 is 10.2 Å². The van der Waals surface area contributed by atoms with Crippen molar-refractivity contribution < 1.29 is 22.8 Å². The van der Waals surface area contributed by atoms with Crippen molar-refractivity contribution in [2.75, 3.05) is 16.8 Å². The molecule has 2 amide bonds. The molecule has 5 rings (SSSR count). The Balaban J connectivity index is 1.32. The van der Waals surface area contributed by atoms with Gasteiger partial charge in [0.05, 0.1) is 12.0 Å². The van der Waals surface area contributed by atoms with Gasteiger partial charge in [-0.05, 0) is 71.6 Å². The second-order valence-electron chi connectivity index (χ2n) is 8.71. The van der Waals surface area contributed by atoms with E-state index in [-0.39, 0.29) is 18.2 Å². The van der Waals surface area contributed by atoms with E-state index in [1.165, 1.54) is 12.1 Å². The molecule has 1 aliphatic rings. The summed E-state index contributed by atoms with van der Waals surface area (Å²) in [6.07, 6.45) is -1.90. The number of aromatic nitrogens is 1. The highest BCUT2D eigenvalue weighted by Crippen LogP contribution is 2.33. The normalized spacial score (nSPS) is 12.8. The number of nitrogens with one attached hydrogen (secondary N) is 1. The van der Waals surface area contributed by atoms with Gasteiger partial charge in [-0.1, -0.05) is 36.4 Å². The highest BCUT2D eigenvalue weighted by molar-refractivity contribution is 6.09. The molecule has 0 fully saturated rings. The number of halogens is 3. The van der Waals surface area contributed by atoms with Crippen LogP contribution in [0.4, 0.5) is 24.5 Å². The third-order valence-corrected chi connectivity index (χ3v) is 6.29. The van der Waals surface area contributed by atoms with Crippen LogP contribution in [0.15, 0.2) is 91.1 Å². The molecule has 1 aromatic heterocycles. The Kier molecular flexibility index (Phi) is 6.48. The summed E-state index contributed by atoms with van der Waals surface area (Å²) in [4.78, 5) is 31.9. The SMILES string of the molecule is O=C(Nc1ccc2c(c1)CCN2C(=O)Cc1ccccn1)c1ccccc1-c1ccc(C(F)(F)F)cc1. The largest absolute Gasteiger partial charge is 0.416 e. The van der Waals surface area contributed by atoms with E-state index in [2.05, 4.69) is 10.3 Å². The number of alkyl halides is 3. The van der Waals surface area contributed by atoms with Gasteiger partial charge in [0.2, 0.25) is 5.91 Å². The summed E-state index contributed by atoms with van der Waals surface area (Å²) in [6.45, 7) is 0.551. The van der Waals surface area contributed by atoms with Crippen LogP contribution in [0.2, 0.25) is 0 Å². The second kappa shape index (κ2) is 9.89. The molecule has 0 radical (unpaired) electrons. The van der Waals surface area contributed by atoms with E-state index in [4.69, 9.17) is 0 Å². The molecule has 0 aliphatic carbocycles. The van der Waals surface area contributed by atoms with Gasteiger partial charge in [0.15, 0.2) is 0 Å². The van der Waals surface area contributed by atoms with Gasteiger partial charge in [0, 0.05) is 35.4 Å². The molecule has 4 aromatic rings. The molecule has 0 atom stereocenters. The fourth-order valence-electron chi connectivity index (χ4n) is 4.46. The average Bonchev–Trinajstić information content (AvgIpc) is 3.32. The first-order valence-corrected chi connectivity index (χ1v) is 11.7. The number of carbonyl (C=O) groups is 2. The van der Waals surface area contributed by atoms with Crippen molar-refractivity contribution in [3.63, 3.8) is 0 Å². The highest BCUT2D eigenvalue weighted by Gasteiger charge is 2.30. The molecule has 5 nitrogen and oxygen atoms in total. The molecule has 186 valence electrons. The van der Waals surface area contributed by atoms with Gasteiger partial charge in [-0.2, -0.15) is 13.2 Å². The quantitative estimate of drug-likeness (QED) is 0.357. The summed E-state index contributed by atoms with van der Waals surface area (Å²) in [5.41, 5.74) is 3.67. The van der Waals surface area contributed by atoms with Gasteiger partial charge in [-0.3, -0.25) is 14.6 Å². The van der Waals surface area contributed by atoms with E-state index >= 15 is 0 Å². The number of fused-ring (bicyclic) bond motifs is 1. The average molecular weight is 502 g/mol. The number of pyridine rings is 1. The summed E-state index contributed by atoms with van der Waals surface area (Å²) >= 11 is 0. The molecule has 1 aliphatic heterocycles. The third-order valence-electron chi connectivity index (χ3n) is 6.29. The van der Waals surface area contributed by atoms with Gasteiger partial charge in [0.25, 0.3) is 5.91 Å². The minimum absolute atomic E-state index is 0.0419. The number of amides is 2. The number of hydrogen-bond donors (Lipinski definition) is 1. The second-order valence-corrected chi connectivity index (χ2v) is 8.71. The van der Waals surface area contributed by atoms with Gasteiger partial charge in [0.1, 0.15) is 0 Å². The van der Waals surface area contributed by atoms with E-state index in [0.717, 1.165) is 23.4 Å². The molecule has 37 heavy (non-hydrogen) atoms. The molecule has 0 saturated heterocycles. The van der Waals surface area contributed by atoms with E-state index in [1.54, 1.807) is 47.5 Å². The van der Waals surface area contributed by atoms with E-state index in [1.807, 2.05) is 24.3 Å². The maximum Gasteiger partial charge on any atom is 0.416 e. The number of rotatable bonds is 5. The van der Waals surface area contributed by atoms with Crippen molar-refractivity contribution in [2.24, 2.45) is 0 Å². The van der Waals surface area contributed by atoms with Crippen LogP contribution in [0.25, 0.3) is 11.1 Å². The Morgan fingerprint density at radius 2 is 1.68 bits per heavy atom. The van der Waals surface area contributed by atoms with Crippen molar-refractivity contribution in [3.8, 4) is 11.1 Å². The monoisotopic (exact) mass is 501 g/mol. The number of anilines is 2. The van der Waals surface area contributed by atoms with Gasteiger partial charge in [-0.25, -0.2) is 0 Å². The van der Waals surface area contributed by atoms with Crippen LogP contribution in [-0.2, 0) is 23.8 Å². The Bertz CT molecular complexity index is 1450. The Labute approximate surface area is 211 Å². The van der Waals surface area contributed by atoms with Crippen LogP contribution in [0.5, 0.6) is 0 Å². The maximum atomic E-state index is 13.1. The molecule has 0 bridgehead atoms. The predicted octanol–water partition coefficient (Wildman–Crippen LogP) is 6.15. The van der Waals surface area contributed by atoms with Crippen LogP contribution in [0.3, 0.4) is 0 Å². The molecule has 2 heterocycles. The molecule has 1 N–H and O–H groups in total. The Hall–Kier alpha value is -4.46. The zero-order valence-corrected chi connectivity index (χ0v) is 19.6.